The van der Waals surface area contributed by atoms with E-state index < -0.39 is 29.7 Å². The second kappa shape index (κ2) is 7.72. The van der Waals surface area contributed by atoms with Gasteiger partial charge >= 0.3 is 11.9 Å². The number of benzene rings is 1. The van der Waals surface area contributed by atoms with E-state index in [1.54, 1.807) is 0 Å². The van der Waals surface area contributed by atoms with Crippen molar-refractivity contribution in [1.82, 2.24) is 5.32 Å². The molecule has 0 heterocycles. The van der Waals surface area contributed by atoms with Crippen molar-refractivity contribution in [2.24, 2.45) is 0 Å². The first kappa shape index (κ1) is 17.1. The Balaban J connectivity index is 2.74. The average Bonchev–Trinajstić information content (AvgIpc) is 2.39. The number of carboxylic acids is 2. The number of halogens is 2. The molecule has 1 atom stereocenters. The first-order valence-electron chi connectivity index (χ1n) is 6.01. The number of nitrogens with one attached hydrogen (secondary N) is 1. The maximum atomic E-state index is 13.1. The number of rotatable bonds is 7. The topological polar surface area (TPSA) is 104 Å². The zero-order valence-corrected chi connectivity index (χ0v) is 12.4. The van der Waals surface area contributed by atoms with E-state index in [-0.39, 0.29) is 24.8 Å². The molecule has 0 fully saturated rings. The van der Waals surface area contributed by atoms with Gasteiger partial charge in [0.1, 0.15) is 11.9 Å². The minimum atomic E-state index is -1.28. The van der Waals surface area contributed by atoms with Crippen molar-refractivity contribution in [3.8, 4) is 0 Å². The maximum Gasteiger partial charge on any atom is 0.326 e. The Morgan fingerprint density at radius 3 is 2.52 bits per heavy atom. The van der Waals surface area contributed by atoms with Crippen molar-refractivity contribution >= 4 is 33.8 Å². The van der Waals surface area contributed by atoms with Crippen LogP contribution in [0.5, 0.6) is 0 Å². The Morgan fingerprint density at radius 2 is 1.95 bits per heavy atom. The molecule has 8 heteroatoms. The van der Waals surface area contributed by atoms with Crippen molar-refractivity contribution in [1.29, 1.82) is 0 Å². The summed E-state index contributed by atoms with van der Waals surface area (Å²) in [6.45, 7) is 0. The van der Waals surface area contributed by atoms with Gasteiger partial charge in [-0.25, -0.2) is 9.18 Å². The summed E-state index contributed by atoms with van der Waals surface area (Å²) in [4.78, 5) is 33.4. The molecule has 3 N–H and O–H groups in total. The SMILES string of the molecule is O=C(O)CCC[C@@H](NC(=O)c1cc(F)ccc1Br)C(=O)O. The molecule has 0 spiro atoms. The summed E-state index contributed by atoms with van der Waals surface area (Å²) in [6.07, 6.45) is -0.111. The summed E-state index contributed by atoms with van der Waals surface area (Å²) in [5, 5.41) is 19.8. The molecule has 0 radical (unpaired) electrons. The Hall–Kier alpha value is -1.96. The number of hydrogen-bond acceptors (Lipinski definition) is 3. The van der Waals surface area contributed by atoms with Gasteiger partial charge in [-0.15, -0.1) is 0 Å². The van der Waals surface area contributed by atoms with Gasteiger partial charge in [0.15, 0.2) is 0 Å². The summed E-state index contributed by atoms with van der Waals surface area (Å²) < 4.78 is 13.4. The lowest BCUT2D eigenvalue weighted by Gasteiger charge is -2.14. The quantitative estimate of drug-likeness (QED) is 0.689. The summed E-state index contributed by atoms with van der Waals surface area (Å²) >= 11 is 3.08. The predicted molar refractivity (Wildman–Crippen MR) is 74.5 cm³/mol. The number of carbonyl (C=O) groups excluding carboxylic acids is 1. The lowest BCUT2D eigenvalue weighted by atomic mass is 10.1. The molecule has 0 saturated heterocycles. The Bertz CT molecular complexity index is 563. The molecule has 1 aromatic rings. The van der Waals surface area contributed by atoms with Gasteiger partial charge < -0.3 is 15.5 Å². The van der Waals surface area contributed by atoms with Gasteiger partial charge in [-0.05, 0) is 47.0 Å². The largest absolute Gasteiger partial charge is 0.481 e. The molecule has 0 bridgehead atoms. The molecule has 21 heavy (non-hydrogen) atoms. The molecule has 0 aliphatic rings. The molecule has 0 saturated carbocycles. The predicted octanol–water partition coefficient (Wildman–Crippen LogP) is 2.03. The van der Waals surface area contributed by atoms with Crippen LogP contribution in [0.4, 0.5) is 4.39 Å². The van der Waals surface area contributed by atoms with E-state index in [0.29, 0.717) is 4.47 Å². The highest BCUT2D eigenvalue weighted by atomic mass is 79.9. The van der Waals surface area contributed by atoms with Crippen LogP contribution >= 0.6 is 15.9 Å². The van der Waals surface area contributed by atoms with E-state index in [1.165, 1.54) is 6.07 Å². The zero-order chi connectivity index (χ0) is 16.0. The van der Waals surface area contributed by atoms with Crippen LogP contribution in [0.15, 0.2) is 22.7 Å². The van der Waals surface area contributed by atoms with Gasteiger partial charge in [0.2, 0.25) is 0 Å². The molecule has 1 rings (SSSR count). The van der Waals surface area contributed by atoms with E-state index in [2.05, 4.69) is 21.2 Å². The van der Waals surface area contributed by atoms with Crippen molar-refractivity contribution < 1.29 is 29.0 Å². The molecule has 0 aromatic heterocycles. The van der Waals surface area contributed by atoms with E-state index in [4.69, 9.17) is 10.2 Å². The minimum absolute atomic E-state index is 0.0275. The molecule has 0 unspecified atom stereocenters. The number of aliphatic carboxylic acids is 2. The molecular formula is C13H13BrFNO5. The third kappa shape index (κ3) is 5.50. The lowest BCUT2D eigenvalue weighted by molar-refractivity contribution is -0.140. The van der Waals surface area contributed by atoms with Gasteiger partial charge in [-0.3, -0.25) is 9.59 Å². The standard InChI is InChI=1S/C13H13BrFNO5/c14-9-5-4-7(15)6-8(9)12(19)16-10(13(20)21)2-1-3-11(17)18/h4-6,10H,1-3H2,(H,16,19)(H,17,18)(H,20,21)/t10-/m1/s1. The Kier molecular flexibility index (Phi) is 6.29. The van der Waals surface area contributed by atoms with Crippen molar-refractivity contribution in [2.45, 2.75) is 25.3 Å². The van der Waals surface area contributed by atoms with E-state index >= 15 is 0 Å². The monoisotopic (exact) mass is 361 g/mol. The number of carboxylic acid groups (broad SMARTS) is 2. The van der Waals surface area contributed by atoms with Crippen LogP contribution in [0.25, 0.3) is 0 Å². The average molecular weight is 362 g/mol. The molecule has 0 aliphatic carbocycles. The van der Waals surface area contributed by atoms with Crippen molar-refractivity contribution in [2.75, 3.05) is 0 Å². The molecule has 0 aliphatic heterocycles. The van der Waals surface area contributed by atoms with E-state index in [0.717, 1.165) is 12.1 Å². The Morgan fingerprint density at radius 1 is 1.29 bits per heavy atom. The molecular weight excluding hydrogens is 349 g/mol. The molecule has 114 valence electrons. The van der Waals surface area contributed by atoms with Crippen LogP contribution < -0.4 is 5.32 Å². The van der Waals surface area contributed by atoms with Crippen LogP contribution in [-0.4, -0.2) is 34.1 Å². The highest BCUT2D eigenvalue weighted by Crippen LogP contribution is 2.18. The molecule has 1 aromatic carbocycles. The summed E-state index contributed by atoms with van der Waals surface area (Å²) in [6, 6.07) is 2.25. The summed E-state index contributed by atoms with van der Waals surface area (Å²) in [5.41, 5.74) is -0.0283. The zero-order valence-electron chi connectivity index (χ0n) is 10.8. The fraction of sp³-hybridized carbons (Fsp3) is 0.308. The van der Waals surface area contributed by atoms with Crippen molar-refractivity contribution in [3.63, 3.8) is 0 Å². The van der Waals surface area contributed by atoms with Gasteiger partial charge in [-0.2, -0.15) is 0 Å². The number of amides is 1. The van der Waals surface area contributed by atoms with E-state index in [9.17, 15) is 18.8 Å². The second-order valence-electron chi connectivity index (χ2n) is 4.27. The molecule has 1 amide bonds. The fourth-order valence-corrected chi connectivity index (χ4v) is 2.05. The van der Waals surface area contributed by atoms with Crippen LogP contribution in [-0.2, 0) is 9.59 Å². The minimum Gasteiger partial charge on any atom is -0.481 e. The first-order chi connectivity index (χ1) is 9.81. The highest BCUT2D eigenvalue weighted by Gasteiger charge is 2.22. The lowest BCUT2D eigenvalue weighted by Crippen LogP contribution is -2.41. The van der Waals surface area contributed by atoms with Crippen molar-refractivity contribution in [3.05, 3.63) is 34.1 Å². The molecule has 6 nitrogen and oxygen atoms in total. The van der Waals surface area contributed by atoms with Crippen LogP contribution in [0.1, 0.15) is 29.6 Å². The Labute approximate surface area is 128 Å². The highest BCUT2D eigenvalue weighted by molar-refractivity contribution is 9.10. The number of hydrogen-bond donors (Lipinski definition) is 3. The van der Waals surface area contributed by atoms with Gasteiger partial charge in [-0.1, -0.05) is 0 Å². The van der Waals surface area contributed by atoms with Gasteiger partial charge in [0, 0.05) is 10.9 Å². The normalized spacial score (nSPS) is 11.7. The fourth-order valence-electron chi connectivity index (χ4n) is 1.62. The van der Waals surface area contributed by atoms with E-state index in [1.807, 2.05) is 0 Å². The first-order valence-corrected chi connectivity index (χ1v) is 6.81. The van der Waals surface area contributed by atoms with Crippen LogP contribution in [0.2, 0.25) is 0 Å². The summed E-state index contributed by atoms with van der Waals surface area (Å²) in [7, 11) is 0. The smallest absolute Gasteiger partial charge is 0.326 e. The number of carbonyl (C=O) groups is 3. The van der Waals surface area contributed by atoms with Gasteiger partial charge in [0.05, 0.1) is 5.56 Å². The third-order valence-corrected chi connectivity index (χ3v) is 3.35. The van der Waals surface area contributed by atoms with Crippen LogP contribution in [0.3, 0.4) is 0 Å². The third-order valence-electron chi connectivity index (χ3n) is 2.66. The maximum absolute atomic E-state index is 13.1. The van der Waals surface area contributed by atoms with Crippen LogP contribution in [0, 0.1) is 5.82 Å². The summed E-state index contributed by atoms with van der Waals surface area (Å²) in [5.74, 6) is -3.69. The second-order valence-corrected chi connectivity index (χ2v) is 5.13. The van der Waals surface area contributed by atoms with Gasteiger partial charge in [0.25, 0.3) is 5.91 Å².